The van der Waals surface area contributed by atoms with Crippen LogP contribution in [0.2, 0.25) is 0 Å². The summed E-state index contributed by atoms with van der Waals surface area (Å²) in [6, 6.07) is 0. The summed E-state index contributed by atoms with van der Waals surface area (Å²) < 4.78 is 10.7. The lowest BCUT2D eigenvalue weighted by atomic mass is 10.1. The number of hydrogen-bond acceptors (Lipinski definition) is 2. The second-order valence-electron chi connectivity index (χ2n) is 3.87. The highest BCUT2D eigenvalue weighted by molar-refractivity contribution is 7.16. The van der Waals surface area contributed by atoms with Gasteiger partial charge in [-0.3, -0.25) is 0 Å². The number of rotatable bonds is 8. The monoisotopic (exact) mass is 218 g/mol. The van der Waals surface area contributed by atoms with Crippen molar-refractivity contribution in [3.63, 3.8) is 0 Å². The molecule has 0 aromatic rings. The van der Waals surface area contributed by atoms with E-state index in [2.05, 4.69) is 9.24 Å². The topological polar surface area (TPSA) is 18.5 Å². The third kappa shape index (κ3) is 5.95. The maximum Gasteiger partial charge on any atom is 0.157 e. The maximum absolute atomic E-state index is 5.37. The molecule has 0 aromatic carbocycles. The lowest BCUT2D eigenvalue weighted by molar-refractivity contribution is -0.0480. The van der Waals surface area contributed by atoms with Crippen molar-refractivity contribution in [1.82, 2.24) is 0 Å². The molecule has 0 aliphatic carbocycles. The van der Waals surface area contributed by atoms with E-state index in [1.807, 2.05) is 0 Å². The molecular formula is C11H23O2P. The molecule has 0 bridgehead atoms. The van der Waals surface area contributed by atoms with Gasteiger partial charge in [-0.1, -0.05) is 25.7 Å². The van der Waals surface area contributed by atoms with Crippen LogP contribution in [0, 0.1) is 0 Å². The fourth-order valence-electron chi connectivity index (χ4n) is 1.74. The second-order valence-corrected chi connectivity index (χ2v) is 4.45. The van der Waals surface area contributed by atoms with Gasteiger partial charge < -0.3 is 9.47 Å². The molecule has 1 aliphatic rings. The molecule has 0 amide bonds. The number of hydrogen-bond donors (Lipinski definition) is 0. The van der Waals surface area contributed by atoms with Crippen LogP contribution in [0.15, 0.2) is 0 Å². The van der Waals surface area contributed by atoms with E-state index in [9.17, 15) is 0 Å². The van der Waals surface area contributed by atoms with E-state index in [0.717, 1.165) is 19.6 Å². The normalized spacial score (nSPS) is 17.8. The van der Waals surface area contributed by atoms with Crippen LogP contribution < -0.4 is 0 Å². The summed E-state index contributed by atoms with van der Waals surface area (Å²) in [6.07, 6.45) is 10.6. The van der Waals surface area contributed by atoms with E-state index in [1.54, 1.807) is 0 Å². The molecule has 1 rings (SSSR count). The summed E-state index contributed by atoms with van der Waals surface area (Å²) in [5.74, 6) is 0. The van der Waals surface area contributed by atoms with Crippen molar-refractivity contribution in [2.24, 2.45) is 0 Å². The molecule has 0 saturated carbocycles. The van der Waals surface area contributed by atoms with Crippen LogP contribution in [0.3, 0.4) is 0 Å². The molecule has 1 aliphatic heterocycles. The SMILES string of the molecule is PCCCCCCCCC1OCCO1. The van der Waals surface area contributed by atoms with Crippen molar-refractivity contribution < 1.29 is 9.47 Å². The molecule has 3 heteroatoms. The Labute approximate surface area is 89.9 Å². The molecule has 1 fully saturated rings. The average Bonchev–Trinajstić information content (AvgIpc) is 2.69. The zero-order valence-corrected chi connectivity index (χ0v) is 10.2. The molecule has 0 aromatic heterocycles. The second kappa shape index (κ2) is 8.64. The minimum atomic E-state index is 0.113. The van der Waals surface area contributed by atoms with E-state index in [-0.39, 0.29) is 6.29 Å². The molecule has 0 spiro atoms. The summed E-state index contributed by atoms with van der Waals surface area (Å²) in [4.78, 5) is 0. The molecule has 1 saturated heterocycles. The average molecular weight is 218 g/mol. The van der Waals surface area contributed by atoms with Gasteiger partial charge in [0.2, 0.25) is 0 Å². The van der Waals surface area contributed by atoms with Gasteiger partial charge in [0, 0.05) is 0 Å². The van der Waals surface area contributed by atoms with Gasteiger partial charge in [-0.05, 0) is 25.4 Å². The molecule has 84 valence electrons. The lowest BCUT2D eigenvalue weighted by Crippen LogP contribution is -2.06. The van der Waals surface area contributed by atoms with Gasteiger partial charge in [0.25, 0.3) is 0 Å². The van der Waals surface area contributed by atoms with Crippen LogP contribution in [0.4, 0.5) is 0 Å². The predicted octanol–water partition coefficient (Wildman–Crippen LogP) is 2.97. The Hall–Kier alpha value is 0.350. The first-order chi connectivity index (χ1) is 6.93. The highest BCUT2D eigenvalue weighted by Gasteiger charge is 2.14. The zero-order chi connectivity index (χ0) is 10.1. The fraction of sp³-hybridized carbons (Fsp3) is 1.00. The first kappa shape index (κ1) is 12.4. The van der Waals surface area contributed by atoms with Crippen LogP contribution in [0.5, 0.6) is 0 Å². The molecule has 1 atom stereocenters. The Kier molecular flexibility index (Phi) is 7.67. The van der Waals surface area contributed by atoms with Crippen molar-refractivity contribution in [1.29, 1.82) is 0 Å². The first-order valence-corrected chi connectivity index (χ1v) is 6.68. The van der Waals surface area contributed by atoms with E-state index < -0.39 is 0 Å². The van der Waals surface area contributed by atoms with Crippen molar-refractivity contribution >= 4 is 9.24 Å². The quantitative estimate of drug-likeness (QED) is 0.460. The third-order valence-corrected chi connectivity index (χ3v) is 2.99. The predicted molar refractivity (Wildman–Crippen MR) is 62.6 cm³/mol. The van der Waals surface area contributed by atoms with Gasteiger partial charge in [0.1, 0.15) is 0 Å². The van der Waals surface area contributed by atoms with Gasteiger partial charge in [0.05, 0.1) is 13.2 Å². The van der Waals surface area contributed by atoms with Crippen LogP contribution in [-0.2, 0) is 9.47 Å². The number of ether oxygens (including phenoxy) is 2. The molecule has 14 heavy (non-hydrogen) atoms. The van der Waals surface area contributed by atoms with Crippen LogP contribution in [0.1, 0.15) is 44.9 Å². The highest BCUT2D eigenvalue weighted by atomic mass is 31.0. The third-order valence-electron chi connectivity index (χ3n) is 2.58. The van der Waals surface area contributed by atoms with Crippen molar-refractivity contribution in [3.05, 3.63) is 0 Å². The van der Waals surface area contributed by atoms with Gasteiger partial charge in [-0.2, -0.15) is 0 Å². The molecule has 0 radical (unpaired) electrons. The first-order valence-electron chi connectivity index (χ1n) is 5.87. The summed E-state index contributed by atoms with van der Waals surface area (Å²) in [6.45, 7) is 1.58. The standard InChI is InChI=1S/C11H23O2P/c14-10-6-4-2-1-3-5-7-11-12-8-9-13-11/h11H,1-10,14H2. The van der Waals surface area contributed by atoms with Crippen molar-refractivity contribution in [2.75, 3.05) is 19.4 Å². The number of unbranched alkanes of at least 4 members (excludes halogenated alkanes) is 5. The summed E-state index contributed by atoms with van der Waals surface area (Å²) >= 11 is 0. The van der Waals surface area contributed by atoms with E-state index in [1.165, 1.54) is 44.7 Å². The Morgan fingerprint density at radius 3 is 2.07 bits per heavy atom. The van der Waals surface area contributed by atoms with Crippen molar-refractivity contribution in [3.8, 4) is 0 Å². The maximum atomic E-state index is 5.37. The molecule has 0 N–H and O–H groups in total. The Bertz CT molecular complexity index is 124. The Morgan fingerprint density at radius 2 is 1.43 bits per heavy atom. The molecule has 1 heterocycles. The van der Waals surface area contributed by atoms with Crippen LogP contribution in [-0.4, -0.2) is 25.7 Å². The minimum absolute atomic E-state index is 0.113. The smallest absolute Gasteiger partial charge is 0.157 e. The van der Waals surface area contributed by atoms with Crippen molar-refractivity contribution in [2.45, 2.75) is 51.2 Å². The van der Waals surface area contributed by atoms with Gasteiger partial charge in [0.15, 0.2) is 6.29 Å². The van der Waals surface area contributed by atoms with Gasteiger partial charge in [-0.15, -0.1) is 9.24 Å². The van der Waals surface area contributed by atoms with E-state index >= 15 is 0 Å². The molecule has 2 nitrogen and oxygen atoms in total. The Balaban J connectivity index is 1.75. The van der Waals surface area contributed by atoms with Gasteiger partial charge >= 0.3 is 0 Å². The van der Waals surface area contributed by atoms with Crippen LogP contribution in [0.25, 0.3) is 0 Å². The summed E-state index contributed by atoms with van der Waals surface area (Å²) in [5, 5.41) is 0. The highest BCUT2D eigenvalue weighted by Crippen LogP contribution is 2.14. The summed E-state index contributed by atoms with van der Waals surface area (Å²) in [5.41, 5.74) is 0. The summed E-state index contributed by atoms with van der Waals surface area (Å²) in [7, 11) is 2.79. The molecular weight excluding hydrogens is 195 g/mol. The van der Waals surface area contributed by atoms with Crippen LogP contribution >= 0.6 is 9.24 Å². The molecule has 1 unspecified atom stereocenters. The Morgan fingerprint density at radius 1 is 0.857 bits per heavy atom. The minimum Gasteiger partial charge on any atom is -0.350 e. The fourth-order valence-corrected chi connectivity index (χ4v) is 2.03. The zero-order valence-electron chi connectivity index (χ0n) is 9.04. The van der Waals surface area contributed by atoms with E-state index in [4.69, 9.17) is 9.47 Å². The largest absolute Gasteiger partial charge is 0.350 e. The van der Waals surface area contributed by atoms with Gasteiger partial charge in [-0.25, -0.2) is 0 Å². The van der Waals surface area contributed by atoms with E-state index in [0.29, 0.717) is 0 Å². The lowest BCUT2D eigenvalue weighted by Gasteiger charge is -2.07.